The fourth-order valence-electron chi connectivity index (χ4n) is 4.01. The lowest BCUT2D eigenvalue weighted by Crippen LogP contribution is -2.39. The molecule has 9 heteroatoms. The molecule has 2 aliphatic heterocycles. The van der Waals surface area contributed by atoms with E-state index in [9.17, 15) is 4.79 Å². The van der Waals surface area contributed by atoms with Crippen LogP contribution >= 0.6 is 11.6 Å². The number of aryl methyl sites for hydroxylation is 1. The van der Waals surface area contributed by atoms with Gasteiger partial charge in [-0.2, -0.15) is 9.97 Å². The van der Waals surface area contributed by atoms with E-state index in [1.165, 1.54) is 4.57 Å². The van der Waals surface area contributed by atoms with Gasteiger partial charge in [0.2, 0.25) is 11.2 Å². The Bertz CT molecular complexity index is 957. The second kappa shape index (κ2) is 7.15. The van der Waals surface area contributed by atoms with Gasteiger partial charge in [-0.1, -0.05) is 5.92 Å². The molecule has 0 aromatic carbocycles. The second-order valence-corrected chi connectivity index (χ2v) is 7.43. The van der Waals surface area contributed by atoms with Crippen LogP contribution in [-0.4, -0.2) is 63.0 Å². The third kappa shape index (κ3) is 3.10. The zero-order chi connectivity index (χ0) is 19.1. The molecule has 0 unspecified atom stereocenters. The number of ether oxygens (including phenoxy) is 2. The summed E-state index contributed by atoms with van der Waals surface area (Å²) < 4.78 is 14.7. The van der Waals surface area contributed by atoms with Gasteiger partial charge >= 0.3 is 5.69 Å². The number of nitrogens with zero attached hydrogens (tertiary/aromatic N) is 5. The van der Waals surface area contributed by atoms with E-state index in [1.807, 2.05) is 7.05 Å². The summed E-state index contributed by atoms with van der Waals surface area (Å²) in [4.78, 5) is 23.6. The van der Waals surface area contributed by atoms with Crippen LogP contribution in [-0.2, 0) is 11.8 Å². The van der Waals surface area contributed by atoms with Crippen LogP contribution < -0.4 is 10.4 Å². The van der Waals surface area contributed by atoms with Gasteiger partial charge in [0.1, 0.15) is 0 Å². The molecule has 2 saturated heterocycles. The van der Waals surface area contributed by atoms with Gasteiger partial charge in [-0.15, -0.1) is 6.42 Å². The molecule has 2 aromatic heterocycles. The Labute approximate surface area is 162 Å². The topological polar surface area (TPSA) is 74.4 Å². The van der Waals surface area contributed by atoms with Gasteiger partial charge in [-0.3, -0.25) is 14.0 Å². The summed E-state index contributed by atoms with van der Waals surface area (Å²) in [6, 6.07) is 0.0190. The average Bonchev–Trinajstić information content (AvgIpc) is 3.35. The van der Waals surface area contributed by atoms with E-state index in [0.29, 0.717) is 24.4 Å². The first kappa shape index (κ1) is 18.3. The van der Waals surface area contributed by atoms with Crippen LogP contribution in [0, 0.1) is 12.3 Å². The minimum absolute atomic E-state index is 0.0197. The number of aromatic nitrogens is 4. The van der Waals surface area contributed by atoms with Crippen molar-refractivity contribution in [1.29, 1.82) is 0 Å². The number of terminal acetylenes is 1. The largest absolute Gasteiger partial charge is 0.458 e. The van der Waals surface area contributed by atoms with E-state index >= 15 is 0 Å². The molecule has 0 radical (unpaired) electrons. The van der Waals surface area contributed by atoms with E-state index in [-0.39, 0.29) is 28.9 Å². The zero-order valence-corrected chi connectivity index (χ0v) is 16.1. The number of likely N-dealkylation sites (N-methyl/N-ethyl adjacent to an activating group) is 1. The normalized spacial score (nSPS) is 24.4. The molecular formula is C18H22ClN5O3. The smallest absolute Gasteiger partial charge is 0.330 e. The maximum absolute atomic E-state index is 12.9. The highest BCUT2D eigenvalue weighted by atomic mass is 35.5. The van der Waals surface area contributed by atoms with Gasteiger partial charge in [0, 0.05) is 13.7 Å². The third-order valence-electron chi connectivity index (χ3n) is 5.46. The summed E-state index contributed by atoms with van der Waals surface area (Å²) in [7, 11) is 3.70. The Morgan fingerprint density at radius 1 is 1.37 bits per heavy atom. The number of fused-ring (bicyclic) bond motifs is 1. The lowest BCUT2D eigenvalue weighted by atomic mass is 10.1. The van der Waals surface area contributed by atoms with Crippen LogP contribution in [0.3, 0.4) is 0 Å². The summed E-state index contributed by atoms with van der Waals surface area (Å²) in [5.74, 6) is 2.96. The SMILES string of the molecule is C#C[C@H](Oc1nc(Cl)nc2c1n(C)c(=O)n2[C@H]1CCOC1)[C@@H]1CCCN1C. The molecule has 0 spiro atoms. The molecule has 0 amide bonds. The van der Waals surface area contributed by atoms with Crippen LogP contribution in [0.15, 0.2) is 4.79 Å². The van der Waals surface area contributed by atoms with Gasteiger partial charge < -0.3 is 9.47 Å². The quantitative estimate of drug-likeness (QED) is 0.576. The summed E-state index contributed by atoms with van der Waals surface area (Å²) in [6.45, 7) is 2.06. The molecule has 0 aliphatic carbocycles. The van der Waals surface area contributed by atoms with E-state index in [2.05, 4.69) is 20.8 Å². The van der Waals surface area contributed by atoms with E-state index < -0.39 is 6.10 Å². The minimum atomic E-state index is -0.486. The van der Waals surface area contributed by atoms with Gasteiger partial charge in [-0.05, 0) is 44.5 Å². The maximum Gasteiger partial charge on any atom is 0.330 e. The number of imidazole rings is 1. The first-order chi connectivity index (χ1) is 13.0. The van der Waals surface area contributed by atoms with Crippen molar-refractivity contribution in [3.05, 3.63) is 15.8 Å². The van der Waals surface area contributed by atoms with Crippen molar-refractivity contribution in [1.82, 2.24) is 24.0 Å². The monoisotopic (exact) mass is 391 g/mol. The molecular weight excluding hydrogens is 370 g/mol. The van der Waals surface area contributed by atoms with Crippen molar-refractivity contribution in [2.45, 2.75) is 37.5 Å². The molecule has 2 aliphatic rings. The first-order valence-corrected chi connectivity index (χ1v) is 9.44. The molecule has 4 rings (SSSR count). The van der Waals surface area contributed by atoms with Crippen molar-refractivity contribution in [2.24, 2.45) is 7.05 Å². The average molecular weight is 392 g/mol. The predicted octanol–water partition coefficient (Wildman–Crippen LogP) is 1.22. The molecule has 27 heavy (non-hydrogen) atoms. The van der Waals surface area contributed by atoms with Crippen molar-refractivity contribution in [3.63, 3.8) is 0 Å². The highest BCUT2D eigenvalue weighted by Crippen LogP contribution is 2.29. The molecule has 3 atom stereocenters. The Kier molecular flexibility index (Phi) is 4.84. The number of hydrogen-bond acceptors (Lipinski definition) is 6. The summed E-state index contributed by atoms with van der Waals surface area (Å²) in [6.07, 6.45) is 8.03. The van der Waals surface area contributed by atoms with Gasteiger partial charge in [0.25, 0.3) is 0 Å². The van der Waals surface area contributed by atoms with Crippen molar-refractivity contribution in [3.8, 4) is 18.2 Å². The van der Waals surface area contributed by atoms with E-state index in [4.69, 9.17) is 27.5 Å². The third-order valence-corrected chi connectivity index (χ3v) is 5.63. The molecule has 8 nitrogen and oxygen atoms in total. The molecule has 0 N–H and O–H groups in total. The lowest BCUT2D eigenvalue weighted by molar-refractivity contribution is 0.146. The molecule has 4 heterocycles. The lowest BCUT2D eigenvalue weighted by Gasteiger charge is -2.25. The van der Waals surface area contributed by atoms with Crippen LogP contribution in [0.25, 0.3) is 11.2 Å². The van der Waals surface area contributed by atoms with E-state index in [0.717, 1.165) is 25.8 Å². The molecule has 2 fully saturated rings. The number of likely N-dealkylation sites (tertiary alicyclic amines) is 1. The zero-order valence-electron chi connectivity index (χ0n) is 15.4. The van der Waals surface area contributed by atoms with Gasteiger partial charge in [-0.25, -0.2) is 4.79 Å². The van der Waals surface area contributed by atoms with Crippen LogP contribution in [0.1, 0.15) is 25.3 Å². The highest BCUT2D eigenvalue weighted by Gasteiger charge is 2.32. The number of rotatable bonds is 4. The fourth-order valence-corrected chi connectivity index (χ4v) is 4.16. The van der Waals surface area contributed by atoms with Crippen molar-refractivity contribution < 1.29 is 9.47 Å². The van der Waals surface area contributed by atoms with Crippen molar-refractivity contribution >= 4 is 22.8 Å². The Balaban J connectivity index is 1.80. The Hall–Kier alpha value is -2.08. The second-order valence-electron chi connectivity index (χ2n) is 7.09. The maximum atomic E-state index is 12.9. The molecule has 144 valence electrons. The minimum Gasteiger partial charge on any atom is -0.458 e. The highest BCUT2D eigenvalue weighted by molar-refractivity contribution is 6.28. The Morgan fingerprint density at radius 3 is 2.81 bits per heavy atom. The van der Waals surface area contributed by atoms with Gasteiger partial charge in [0.15, 0.2) is 17.3 Å². The molecule has 0 bridgehead atoms. The predicted molar refractivity (Wildman–Crippen MR) is 101 cm³/mol. The molecule has 0 saturated carbocycles. The van der Waals surface area contributed by atoms with Gasteiger partial charge in [0.05, 0.1) is 18.7 Å². The van der Waals surface area contributed by atoms with E-state index in [1.54, 1.807) is 11.6 Å². The number of hydrogen-bond donors (Lipinski definition) is 0. The first-order valence-electron chi connectivity index (χ1n) is 9.06. The van der Waals surface area contributed by atoms with Crippen molar-refractivity contribution in [2.75, 3.05) is 26.8 Å². The van der Waals surface area contributed by atoms with Crippen LogP contribution in [0.5, 0.6) is 5.88 Å². The van der Waals surface area contributed by atoms with Crippen LogP contribution in [0.2, 0.25) is 5.28 Å². The van der Waals surface area contributed by atoms with Crippen LogP contribution in [0.4, 0.5) is 0 Å². The summed E-state index contributed by atoms with van der Waals surface area (Å²) in [5, 5.41) is 0.0197. The molecule has 2 aromatic rings. The summed E-state index contributed by atoms with van der Waals surface area (Å²) >= 11 is 6.16. The summed E-state index contributed by atoms with van der Waals surface area (Å²) in [5.41, 5.74) is 0.748. The Morgan fingerprint density at radius 2 is 2.19 bits per heavy atom. The fraction of sp³-hybridized carbons (Fsp3) is 0.611. The number of halogens is 1. The standard InChI is InChI=1S/C18H22ClN5O3/c1-4-13(12-6-5-8-22(12)2)27-16-14-15(20-17(19)21-16)24(18(25)23(14)3)11-7-9-26-10-11/h1,11-13H,5-10H2,2-3H3/t11-,12-,13-/m0/s1.